The zero-order valence-electron chi connectivity index (χ0n) is 12.5. The molecule has 0 aromatic heterocycles. The van der Waals surface area contributed by atoms with Gasteiger partial charge in [-0.2, -0.15) is 0 Å². The summed E-state index contributed by atoms with van der Waals surface area (Å²) in [6.07, 6.45) is 2.59. The highest BCUT2D eigenvalue weighted by molar-refractivity contribution is 5.16. The summed E-state index contributed by atoms with van der Waals surface area (Å²) in [6, 6.07) is 10.9. The van der Waals surface area contributed by atoms with Crippen LogP contribution in [0.5, 0.6) is 0 Å². The lowest BCUT2D eigenvalue weighted by molar-refractivity contribution is -0.0545. The monoisotopic (exact) mass is 245 g/mol. The van der Waals surface area contributed by atoms with Crippen molar-refractivity contribution in [1.29, 1.82) is 0 Å². The number of hydrogen-bond donors (Lipinski definition) is 0. The second kappa shape index (κ2) is 4.70. The van der Waals surface area contributed by atoms with Crippen molar-refractivity contribution in [2.45, 2.75) is 65.1 Å². The van der Waals surface area contributed by atoms with Gasteiger partial charge in [0, 0.05) is 17.6 Å². The average Bonchev–Trinajstić information content (AvgIpc) is 2.23. The maximum absolute atomic E-state index is 2.69. The first-order chi connectivity index (χ1) is 8.31. The fourth-order valence-corrected chi connectivity index (χ4v) is 4.01. The van der Waals surface area contributed by atoms with Gasteiger partial charge in [-0.15, -0.1) is 0 Å². The summed E-state index contributed by atoms with van der Waals surface area (Å²) in [5, 5.41) is 0. The van der Waals surface area contributed by atoms with Crippen LogP contribution in [-0.4, -0.2) is 16.0 Å². The van der Waals surface area contributed by atoms with Gasteiger partial charge in [-0.3, -0.25) is 4.90 Å². The molecular weight excluding hydrogens is 218 g/mol. The van der Waals surface area contributed by atoms with E-state index in [0.717, 1.165) is 12.5 Å². The van der Waals surface area contributed by atoms with Crippen LogP contribution in [0, 0.1) is 5.92 Å². The van der Waals surface area contributed by atoms with Gasteiger partial charge in [-0.25, -0.2) is 0 Å². The number of likely N-dealkylation sites (tertiary alicyclic amines) is 1. The molecule has 1 heterocycles. The third-order valence-corrected chi connectivity index (χ3v) is 4.34. The molecule has 1 aromatic rings. The first-order valence-corrected chi connectivity index (χ1v) is 7.13. The van der Waals surface area contributed by atoms with E-state index >= 15 is 0 Å². The van der Waals surface area contributed by atoms with E-state index in [1.807, 2.05) is 0 Å². The molecule has 1 aliphatic rings. The summed E-state index contributed by atoms with van der Waals surface area (Å²) in [5.74, 6) is 0.821. The molecule has 0 radical (unpaired) electrons. The van der Waals surface area contributed by atoms with E-state index in [9.17, 15) is 0 Å². The Kier molecular flexibility index (Phi) is 3.55. The van der Waals surface area contributed by atoms with Gasteiger partial charge in [-0.05, 0) is 52.0 Å². The van der Waals surface area contributed by atoms with Crippen molar-refractivity contribution in [2.24, 2.45) is 5.92 Å². The Labute approximate surface area is 112 Å². The lowest BCUT2D eigenvalue weighted by atomic mass is 9.74. The molecule has 0 amide bonds. The summed E-state index contributed by atoms with van der Waals surface area (Å²) in [4.78, 5) is 2.69. The Bertz CT molecular complexity index is 373. The quantitative estimate of drug-likeness (QED) is 0.742. The molecule has 100 valence electrons. The molecule has 0 bridgehead atoms. The van der Waals surface area contributed by atoms with Gasteiger partial charge < -0.3 is 0 Å². The molecule has 2 rings (SSSR count). The van der Waals surface area contributed by atoms with E-state index in [4.69, 9.17) is 0 Å². The molecule has 1 saturated heterocycles. The Hall–Kier alpha value is -0.820. The number of benzene rings is 1. The first kappa shape index (κ1) is 13.6. The van der Waals surface area contributed by atoms with Crippen LogP contribution in [0.15, 0.2) is 30.3 Å². The Balaban J connectivity index is 2.23. The van der Waals surface area contributed by atoms with Gasteiger partial charge in [-0.1, -0.05) is 37.3 Å². The van der Waals surface area contributed by atoms with Crippen molar-refractivity contribution in [1.82, 2.24) is 4.90 Å². The second-order valence-electron chi connectivity index (χ2n) is 7.21. The molecule has 0 aliphatic carbocycles. The third-order valence-electron chi connectivity index (χ3n) is 4.34. The summed E-state index contributed by atoms with van der Waals surface area (Å²) >= 11 is 0. The van der Waals surface area contributed by atoms with Crippen LogP contribution in [0.3, 0.4) is 0 Å². The van der Waals surface area contributed by atoms with E-state index in [1.54, 1.807) is 0 Å². The first-order valence-electron chi connectivity index (χ1n) is 7.13. The van der Waals surface area contributed by atoms with Crippen molar-refractivity contribution >= 4 is 0 Å². The fraction of sp³-hybridized carbons (Fsp3) is 0.647. The van der Waals surface area contributed by atoms with Crippen LogP contribution < -0.4 is 0 Å². The number of piperidine rings is 1. The SMILES string of the molecule is CC1CC(C)(C)N(Cc2ccccc2)C(C)(C)C1. The summed E-state index contributed by atoms with van der Waals surface area (Å²) in [6.45, 7) is 13.0. The summed E-state index contributed by atoms with van der Waals surface area (Å²) in [5.41, 5.74) is 2.00. The molecule has 1 aliphatic heterocycles. The maximum atomic E-state index is 2.69. The van der Waals surface area contributed by atoms with E-state index in [1.165, 1.54) is 18.4 Å². The van der Waals surface area contributed by atoms with Crippen LogP contribution in [-0.2, 0) is 6.54 Å². The van der Waals surface area contributed by atoms with Gasteiger partial charge >= 0.3 is 0 Å². The van der Waals surface area contributed by atoms with Gasteiger partial charge in [0.25, 0.3) is 0 Å². The van der Waals surface area contributed by atoms with Crippen LogP contribution in [0.25, 0.3) is 0 Å². The standard InChI is InChI=1S/C17H27N/c1-14-11-16(2,3)18(17(4,5)12-14)13-15-9-7-6-8-10-15/h6-10,14H,11-13H2,1-5H3. The Morgan fingerprint density at radius 3 is 2.00 bits per heavy atom. The average molecular weight is 245 g/mol. The molecule has 1 heteroatoms. The minimum absolute atomic E-state index is 0.289. The topological polar surface area (TPSA) is 3.24 Å². The number of hydrogen-bond acceptors (Lipinski definition) is 1. The molecule has 0 saturated carbocycles. The van der Waals surface area contributed by atoms with E-state index < -0.39 is 0 Å². The van der Waals surface area contributed by atoms with Gasteiger partial charge in [0.2, 0.25) is 0 Å². The van der Waals surface area contributed by atoms with Gasteiger partial charge in [0.1, 0.15) is 0 Å². The molecule has 1 fully saturated rings. The van der Waals surface area contributed by atoms with Crippen molar-refractivity contribution in [2.75, 3.05) is 0 Å². The Morgan fingerprint density at radius 2 is 1.50 bits per heavy atom. The van der Waals surface area contributed by atoms with Crippen LogP contribution in [0.2, 0.25) is 0 Å². The molecular formula is C17H27N. The predicted octanol–water partition coefficient (Wildman–Crippen LogP) is 4.48. The minimum atomic E-state index is 0.289. The van der Waals surface area contributed by atoms with E-state index in [0.29, 0.717) is 0 Å². The normalized spacial score (nSPS) is 24.1. The van der Waals surface area contributed by atoms with Crippen molar-refractivity contribution < 1.29 is 0 Å². The minimum Gasteiger partial charge on any atom is -0.289 e. The second-order valence-corrected chi connectivity index (χ2v) is 7.21. The number of nitrogens with zero attached hydrogens (tertiary/aromatic N) is 1. The largest absolute Gasteiger partial charge is 0.289 e. The van der Waals surface area contributed by atoms with Gasteiger partial charge in [0.05, 0.1) is 0 Å². The zero-order valence-corrected chi connectivity index (χ0v) is 12.5. The zero-order chi connectivity index (χ0) is 13.4. The smallest absolute Gasteiger partial charge is 0.0244 e. The highest BCUT2D eigenvalue weighted by Gasteiger charge is 2.43. The molecule has 1 nitrogen and oxygen atoms in total. The Morgan fingerprint density at radius 1 is 1.00 bits per heavy atom. The van der Waals surface area contributed by atoms with E-state index in [-0.39, 0.29) is 11.1 Å². The molecule has 1 aromatic carbocycles. The lowest BCUT2D eigenvalue weighted by Gasteiger charge is -2.55. The third kappa shape index (κ3) is 2.77. The lowest BCUT2D eigenvalue weighted by Crippen LogP contribution is -2.59. The molecule has 0 atom stereocenters. The summed E-state index contributed by atoms with van der Waals surface area (Å²) in [7, 11) is 0. The van der Waals surface area contributed by atoms with Crippen molar-refractivity contribution in [3.63, 3.8) is 0 Å². The molecule has 0 spiro atoms. The maximum Gasteiger partial charge on any atom is 0.0244 e. The van der Waals surface area contributed by atoms with Gasteiger partial charge in [0.15, 0.2) is 0 Å². The van der Waals surface area contributed by atoms with Crippen molar-refractivity contribution in [3.05, 3.63) is 35.9 Å². The van der Waals surface area contributed by atoms with Crippen LogP contribution >= 0.6 is 0 Å². The highest BCUT2D eigenvalue weighted by Crippen LogP contribution is 2.41. The van der Waals surface area contributed by atoms with E-state index in [2.05, 4.69) is 69.9 Å². The number of rotatable bonds is 2. The van der Waals surface area contributed by atoms with Crippen molar-refractivity contribution in [3.8, 4) is 0 Å². The van der Waals surface area contributed by atoms with Crippen LogP contribution in [0.4, 0.5) is 0 Å². The molecule has 0 N–H and O–H groups in total. The molecule has 0 unspecified atom stereocenters. The molecule has 18 heavy (non-hydrogen) atoms. The summed E-state index contributed by atoms with van der Waals surface area (Å²) < 4.78 is 0. The predicted molar refractivity (Wildman–Crippen MR) is 78.5 cm³/mol. The fourth-order valence-electron chi connectivity index (χ4n) is 4.01. The highest BCUT2D eigenvalue weighted by atomic mass is 15.3. The van der Waals surface area contributed by atoms with Crippen LogP contribution in [0.1, 0.15) is 53.0 Å².